The number of para-hydroxylation sites is 1. The molecule has 140 valence electrons. The molecule has 0 saturated carbocycles. The fourth-order valence-corrected chi connectivity index (χ4v) is 3.66. The number of aryl methyl sites for hydroxylation is 2. The summed E-state index contributed by atoms with van der Waals surface area (Å²) in [7, 11) is 0. The molecule has 26 heavy (non-hydrogen) atoms. The molecule has 0 atom stereocenters. The van der Waals surface area contributed by atoms with Gasteiger partial charge in [-0.15, -0.1) is 0 Å². The van der Waals surface area contributed by atoms with Gasteiger partial charge < -0.3 is 10.1 Å². The second kappa shape index (κ2) is 9.38. The van der Waals surface area contributed by atoms with Crippen molar-refractivity contribution >= 4 is 69.6 Å². The molecule has 0 radical (unpaired) electrons. The molecule has 0 fully saturated rings. The smallest absolute Gasteiger partial charge is 0.262 e. The largest absolute Gasteiger partial charge is 0.481 e. The first-order chi connectivity index (χ1) is 12.3. The SMILES string of the molecule is CCc1cccc(CC)c1NC(=O)COc1c(Cl)c(Cl)c(Cl)c(Cl)c1Cl. The van der Waals surface area contributed by atoms with E-state index in [0.29, 0.717) is 0 Å². The second-order valence-electron chi connectivity index (χ2n) is 5.39. The molecule has 1 amide bonds. The summed E-state index contributed by atoms with van der Waals surface area (Å²) in [6, 6.07) is 5.92. The quantitative estimate of drug-likeness (QED) is 0.373. The maximum atomic E-state index is 12.4. The summed E-state index contributed by atoms with van der Waals surface area (Å²) in [6.07, 6.45) is 1.59. The fraction of sp³-hybridized carbons (Fsp3) is 0.278. The van der Waals surface area contributed by atoms with Crippen LogP contribution >= 0.6 is 58.0 Å². The summed E-state index contributed by atoms with van der Waals surface area (Å²) in [5.41, 5.74) is 2.90. The van der Waals surface area contributed by atoms with Crippen LogP contribution in [0.2, 0.25) is 25.1 Å². The Morgan fingerprint density at radius 2 is 1.35 bits per heavy atom. The Morgan fingerprint density at radius 1 is 0.885 bits per heavy atom. The van der Waals surface area contributed by atoms with Crippen molar-refractivity contribution in [2.24, 2.45) is 0 Å². The molecule has 1 N–H and O–H groups in total. The molecule has 0 aliphatic rings. The van der Waals surface area contributed by atoms with E-state index in [0.717, 1.165) is 29.7 Å². The monoisotopic (exact) mass is 453 g/mol. The lowest BCUT2D eigenvalue weighted by molar-refractivity contribution is -0.118. The number of ether oxygens (including phenoxy) is 1. The Bertz CT molecular complexity index is 788. The first-order valence-corrected chi connectivity index (χ1v) is 9.75. The Kier molecular flexibility index (Phi) is 7.75. The number of benzene rings is 2. The lowest BCUT2D eigenvalue weighted by Gasteiger charge is -2.16. The highest BCUT2D eigenvalue weighted by Gasteiger charge is 2.21. The van der Waals surface area contributed by atoms with Gasteiger partial charge in [-0.1, -0.05) is 90.1 Å². The topological polar surface area (TPSA) is 38.3 Å². The van der Waals surface area contributed by atoms with E-state index in [9.17, 15) is 4.79 Å². The number of carbonyl (C=O) groups excluding carboxylic acids is 1. The van der Waals surface area contributed by atoms with Crippen LogP contribution in [0.5, 0.6) is 5.75 Å². The van der Waals surface area contributed by atoms with E-state index < -0.39 is 0 Å². The van der Waals surface area contributed by atoms with E-state index in [4.69, 9.17) is 62.7 Å². The summed E-state index contributed by atoms with van der Waals surface area (Å²) < 4.78 is 5.46. The fourth-order valence-electron chi connectivity index (χ4n) is 2.43. The summed E-state index contributed by atoms with van der Waals surface area (Å²) in [4.78, 5) is 12.4. The maximum Gasteiger partial charge on any atom is 0.262 e. The molecular formula is C18H16Cl5NO2. The van der Waals surface area contributed by atoms with Crippen molar-refractivity contribution in [3.8, 4) is 5.75 Å². The minimum absolute atomic E-state index is 0.00192. The van der Waals surface area contributed by atoms with Gasteiger partial charge in [-0.3, -0.25) is 4.79 Å². The van der Waals surface area contributed by atoms with Gasteiger partial charge in [0.2, 0.25) is 0 Å². The van der Waals surface area contributed by atoms with E-state index in [1.54, 1.807) is 0 Å². The third-order valence-corrected chi connectivity index (χ3v) is 6.02. The Hall–Kier alpha value is -0.840. The van der Waals surface area contributed by atoms with Crippen molar-refractivity contribution in [2.45, 2.75) is 26.7 Å². The average molecular weight is 456 g/mol. The van der Waals surface area contributed by atoms with E-state index in [-0.39, 0.29) is 43.4 Å². The first-order valence-electron chi connectivity index (χ1n) is 7.86. The van der Waals surface area contributed by atoms with Gasteiger partial charge >= 0.3 is 0 Å². The molecule has 0 heterocycles. The van der Waals surface area contributed by atoms with E-state index in [1.807, 2.05) is 32.0 Å². The molecule has 0 spiro atoms. The second-order valence-corrected chi connectivity index (χ2v) is 7.28. The third-order valence-electron chi connectivity index (χ3n) is 3.78. The summed E-state index contributed by atoms with van der Waals surface area (Å²) in [5.74, 6) is -0.336. The van der Waals surface area contributed by atoms with E-state index >= 15 is 0 Å². The van der Waals surface area contributed by atoms with Crippen LogP contribution in [0.25, 0.3) is 0 Å². The van der Waals surface area contributed by atoms with Gasteiger partial charge in [-0.25, -0.2) is 0 Å². The van der Waals surface area contributed by atoms with Crippen LogP contribution in [0.1, 0.15) is 25.0 Å². The molecule has 0 saturated heterocycles. The van der Waals surface area contributed by atoms with Crippen LogP contribution in [0.4, 0.5) is 5.69 Å². The van der Waals surface area contributed by atoms with Gasteiger partial charge in [-0.05, 0) is 24.0 Å². The average Bonchev–Trinajstić information content (AvgIpc) is 2.64. The Morgan fingerprint density at radius 3 is 1.81 bits per heavy atom. The molecule has 3 nitrogen and oxygen atoms in total. The molecule has 8 heteroatoms. The van der Waals surface area contributed by atoms with Crippen molar-refractivity contribution in [2.75, 3.05) is 11.9 Å². The highest BCUT2D eigenvalue weighted by Crippen LogP contribution is 2.48. The van der Waals surface area contributed by atoms with Crippen LogP contribution in [0, 0.1) is 0 Å². The first kappa shape index (κ1) is 21.5. The van der Waals surface area contributed by atoms with Gasteiger partial charge in [0.05, 0.1) is 15.1 Å². The highest BCUT2D eigenvalue weighted by atomic mass is 35.5. The molecule has 2 aromatic rings. The van der Waals surface area contributed by atoms with Crippen molar-refractivity contribution < 1.29 is 9.53 Å². The number of hydrogen-bond acceptors (Lipinski definition) is 2. The summed E-state index contributed by atoms with van der Waals surface area (Å²) in [5, 5.41) is 2.96. The molecule has 2 rings (SSSR count). The van der Waals surface area contributed by atoms with E-state index in [2.05, 4.69) is 5.32 Å². The molecule has 0 aromatic heterocycles. The number of hydrogen-bond donors (Lipinski definition) is 1. The number of rotatable bonds is 6. The van der Waals surface area contributed by atoms with Gasteiger partial charge in [0.15, 0.2) is 12.4 Å². The van der Waals surface area contributed by atoms with Crippen molar-refractivity contribution in [3.63, 3.8) is 0 Å². The van der Waals surface area contributed by atoms with Crippen molar-refractivity contribution in [3.05, 3.63) is 54.4 Å². The molecule has 0 aliphatic carbocycles. The standard InChI is InChI=1S/C18H16Cl5NO2/c1-3-9-6-5-7-10(4-2)17(9)24-11(25)8-26-18-15(22)13(20)12(19)14(21)16(18)23/h5-7H,3-4,8H2,1-2H3,(H,24,25). The van der Waals surface area contributed by atoms with Crippen LogP contribution in [-0.4, -0.2) is 12.5 Å². The lowest BCUT2D eigenvalue weighted by atomic mass is 10.0. The third kappa shape index (κ3) is 4.52. The van der Waals surface area contributed by atoms with Crippen LogP contribution < -0.4 is 10.1 Å². The number of anilines is 1. The molecule has 0 bridgehead atoms. The zero-order chi connectivity index (χ0) is 19.4. The maximum absolute atomic E-state index is 12.4. The minimum Gasteiger partial charge on any atom is -0.481 e. The predicted molar refractivity (Wildman–Crippen MR) is 111 cm³/mol. The lowest BCUT2D eigenvalue weighted by Crippen LogP contribution is -2.22. The van der Waals surface area contributed by atoms with E-state index in [1.165, 1.54) is 0 Å². The van der Waals surface area contributed by atoms with Crippen molar-refractivity contribution in [1.29, 1.82) is 0 Å². The van der Waals surface area contributed by atoms with Crippen LogP contribution in [0.3, 0.4) is 0 Å². The van der Waals surface area contributed by atoms with Crippen LogP contribution in [0.15, 0.2) is 18.2 Å². The van der Waals surface area contributed by atoms with Gasteiger partial charge in [0, 0.05) is 5.69 Å². The molecule has 0 aliphatic heterocycles. The minimum atomic E-state index is -0.352. The zero-order valence-corrected chi connectivity index (χ0v) is 17.8. The van der Waals surface area contributed by atoms with Gasteiger partial charge in [0.1, 0.15) is 10.0 Å². The summed E-state index contributed by atoms with van der Waals surface area (Å²) >= 11 is 30.1. The molecule has 2 aromatic carbocycles. The predicted octanol–water partition coefficient (Wildman–Crippen LogP) is 7.10. The van der Waals surface area contributed by atoms with Crippen LogP contribution in [-0.2, 0) is 17.6 Å². The summed E-state index contributed by atoms with van der Waals surface area (Å²) in [6.45, 7) is 3.74. The van der Waals surface area contributed by atoms with Crippen molar-refractivity contribution in [1.82, 2.24) is 0 Å². The van der Waals surface area contributed by atoms with Gasteiger partial charge in [0.25, 0.3) is 5.91 Å². The normalized spacial score (nSPS) is 10.7. The number of amides is 1. The number of halogens is 5. The molecular weight excluding hydrogens is 439 g/mol. The Labute approximate surface area is 177 Å². The Balaban J connectivity index is 2.19. The van der Waals surface area contributed by atoms with Gasteiger partial charge in [-0.2, -0.15) is 0 Å². The number of carbonyl (C=O) groups is 1. The number of nitrogens with one attached hydrogen (secondary N) is 1. The molecule has 0 unspecified atom stereocenters. The highest BCUT2D eigenvalue weighted by molar-refractivity contribution is 6.55. The zero-order valence-electron chi connectivity index (χ0n) is 14.1.